The first-order valence-electron chi connectivity index (χ1n) is 6.48. The summed E-state index contributed by atoms with van der Waals surface area (Å²) in [6.45, 7) is 4.48. The molecular weight excluding hydrogens is 312 g/mol. The number of hydrogen-bond acceptors (Lipinski definition) is 2. The Bertz CT molecular complexity index is 391. The molecule has 1 heterocycles. The minimum Gasteiger partial charge on any atom is -0.316 e. The molecule has 0 bridgehead atoms. The molecule has 1 saturated heterocycles. The van der Waals surface area contributed by atoms with E-state index in [1.807, 2.05) is 6.07 Å². The monoisotopic (exact) mass is 330 g/mol. The second kappa shape index (κ2) is 6.90. The van der Waals surface area contributed by atoms with Gasteiger partial charge in [-0.1, -0.05) is 17.7 Å². The highest BCUT2D eigenvalue weighted by Crippen LogP contribution is 2.24. The van der Waals surface area contributed by atoms with E-state index in [1.165, 1.54) is 24.9 Å². The predicted octanol–water partition coefficient (Wildman–Crippen LogP) is 3.53. The van der Waals surface area contributed by atoms with E-state index in [2.05, 4.69) is 45.3 Å². The van der Waals surface area contributed by atoms with Gasteiger partial charge in [0.15, 0.2) is 0 Å². The molecule has 1 atom stereocenters. The summed E-state index contributed by atoms with van der Waals surface area (Å²) in [4.78, 5) is 2.40. The Kier molecular flexibility index (Phi) is 5.49. The molecule has 1 unspecified atom stereocenters. The van der Waals surface area contributed by atoms with Crippen LogP contribution < -0.4 is 5.32 Å². The largest absolute Gasteiger partial charge is 0.316 e. The van der Waals surface area contributed by atoms with Gasteiger partial charge in [0.1, 0.15) is 0 Å². The molecule has 1 N–H and O–H groups in total. The molecule has 4 heteroatoms. The Labute approximate surface area is 123 Å². The number of piperidine rings is 1. The summed E-state index contributed by atoms with van der Waals surface area (Å²) < 4.78 is 0.981. The van der Waals surface area contributed by atoms with Crippen LogP contribution in [0.2, 0.25) is 5.02 Å². The lowest BCUT2D eigenvalue weighted by atomic mass is 9.99. The Hall–Kier alpha value is -0.0900. The molecule has 0 spiro atoms. The maximum atomic E-state index is 6.00. The van der Waals surface area contributed by atoms with Crippen molar-refractivity contribution in [2.75, 3.05) is 26.7 Å². The van der Waals surface area contributed by atoms with Gasteiger partial charge in [-0.2, -0.15) is 0 Å². The summed E-state index contributed by atoms with van der Waals surface area (Å²) in [5, 5.41) is 4.24. The van der Waals surface area contributed by atoms with Crippen molar-refractivity contribution < 1.29 is 0 Å². The Morgan fingerprint density at radius 2 is 2.33 bits per heavy atom. The highest BCUT2D eigenvalue weighted by molar-refractivity contribution is 9.10. The van der Waals surface area contributed by atoms with E-state index in [0.717, 1.165) is 35.0 Å². The zero-order valence-electron chi connectivity index (χ0n) is 10.8. The van der Waals surface area contributed by atoms with E-state index >= 15 is 0 Å². The van der Waals surface area contributed by atoms with Crippen LogP contribution in [0.5, 0.6) is 0 Å². The molecule has 1 aliphatic heterocycles. The van der Waals surface area contributed by atoms with Crippen LogP contribution in [0.15, 0.2) is 22.7 Å². The van der Waals surface area contributed by atoms with Gasteiger partial charge in [0.2, 0.25) is 0 Å². The second-order valence-corrected chi connectivity index (χ2v) is 6.42. The number of benzene rings is 1. The lowest BCUT2D eigenvalue weighted by molar-refractivity contribution is 0.237. The molecule has 2 nitrogen and oxygen atoms in total. The van der Waals surface area contributed by atoms with E-state index in [9.17, 15) is 0 Å². The van der Waals surface area contributed by atoms with Crippen molar-refractivity contribution in [1.29, 1.82) is 0 Å². The molecule has 1 fully saturated rings. The molecule has 0 aliphatic carbocycles. The van der Waals surface area contributed by atoms with Crippen molar-refractivity contribution in [1.82, 2.24) is 10.2 Å². The maximum Gasteiger partial charge on any atom is 0.0548 e. The molecule has 1 aliphatic rings. The zero-order valence-corrected chi connectivity index (χ0v) is 13.1. The van der Waals surface area contributed by atoms with Crippen molar-refractivity contribution in [3.05, 3.63) is 33.3 Å². The number of nitrogens with one attached hydrogen (secondary N) is 1. The molecule has 1 aromatic carbocycles. The predicted molar refractivity (Wildman–Crippen MR) is 81.1 cm³/mol. The molecule has 0 saturated carbocycles. The van der Waals surface area contributed by atoms with Gasteiger partial charge >= 0.3 is 0 Å². The first-order valence-corrected chi connectivity index (χ1v) is 7.65. The molecule has 2 rings (SSSR count). The van der Waals surface area contributed by atoms with Crippen molar-refractivity contribution in [3.63, 3.8) is 0 Å². The molecule has 0 amide bonds. The number of hydrogen-bond donors (Lipinski definition) is 1. The fraction of sp³-hybridized carbons (Fsp3) is 0.571. The number of rotatable bonds is 4. The molecule has 18 heavy (non-hydrogen) atoms. The van der Waals surface area contributed by atoms with Crippen LogP contribution in [0.3, 0.4) is 0 Å². The van der Waals surface area contributed by atoms with E-state index in [-0.39, 0.29) is 0 Å². The van der Waals surface area contributed by atoms with Crippen molar-refractivity contribution in [3.8, 4) is 0 Å². The molecular formula is C14H20BrClN2. The van der Waals surface area contributed by atoms with Crippen LogP contribution >= 0.6 is 27.5 Å². The Morgan fingerprint density at radius 1 is 1.50 bits per heavy atom. The first kappa shape index (κ1) is 14.3. The summed E-state index contributed by atoms with van der Waals surface area (Å²) in [5.41, 5.74) is 1.30. The third-order valence-electron chi connectivity index (χ3n) is 3.41. The van der Waals surface area contributed by atoms with Crippen LogP contribution in [-0.2, 0) is 6.54 Å². The number of halogens is 2. The van der Waals surface area contributed by atoms with Gasteiger partial charge in [-0.3, -0.25) is 0 Å². The number of nitrogens with zero attached hydrogens (tertiary/aromatic N) is 1. The minimum atomic E-state index is 0.776. The fourth-order valence-electron chi connectivity index (χ4n) is 2.53. The summed E-state index contributed by atoms with van der Waals surface area (Å²) >= 11 is 9.48. The highest BCUT2D eigenvalue weighted by Gasteiger charge is 2.15. The zero-order chi connectivity index (χ0) is 13.0. The van der Waals surface area contributed by atoms with E-state index in [1.54, 1.807) is 0 Å². The van der Waals surface area contributed by atoms with Gasteiger partial charge in [0.25, 0.3) is 0 Å². The highest BCUT2D eigenvalue weighted by atomic mass is 79.9. The Morgan fingerprint density at radius 3 is 3.00 bits per heavy atom. The average Bonchev–Trinajstić information content (AvgIpc) is 2.35. The van der Waals surface area contributed by atoms with E-state index in [0.29, 0.717) is 0 Å². The SMILES string of the molecule is CN(Cc1ccc(Cl)c(Br)c1)CC1CCCNC1. The molecule has 0 aromatic heterocycles. The standard InChI is InChI=1S/C14H20BrClN2/c1-18(10-12-3-2-6-17-8-12)9-11-4-5-14(16)13(15)7-11/h4-5,7,12,17H,2-3,6,8-10H2,1H3. The van der Waals surface area contributed by atoms with Crippen LogP contribution in [0.1, 0.15) is 18.4 Å². The third-order valence-corrected chi connectivity index (χ3v) is 4.62. The van der Waals surface area contributed by atoms with Gasteiger partial charge in [-0.15, -0.1) is 0 Å². The van der Waals surface area contributed by atoms with E-state index in [4.69, 9.17) is 11.6 Å². The first-order chi connectivity index (χ1) is 8.65. The van der Waals surface area contributed by atoms with Crippen molar-refractivity contribution in [2.45, 2.75) is 19.4 Å². The molecule has 1 aromatic rings. The average molecular weight is 332 g/mol. The summed E-state index contributed by atoms with van der Waals surface area (Å²) in [5.74, 6) is 0.791. The van der Waals surface area contributed by atoms with Crippen LogP contribution in [-0.4, -0.2) is 31.6 Å². The Balaban J connectivity index is 1.85. The lowest BCUT2D eigenvalue weighted by Gasteiger charge is -2.27. The van der Waals surface area contributed by atoms with Gasteiger partial charge in [-0.25, -0.2) is 0 Å². The van der Waals surface area contributed by atoms with Crippen molar-refractivity contribution >= 4 is 27.5 Å². The summed E-state index contributed by atoms with van der Waals surface area (Å²) in [6.07, 6.45) is 2.66. The smallest absolute Gasteiger partial charge is 0.0548 e. The van der Waals surface area contributed by atoms with E-state index < -0.39 is 0 Å². The van der Waals surface area contributed by atoms with Crippen molar-refractivity contribution in [2.24, 2.45) is 5.92 Å². The van der Waals surface area contributed by atoms with Crippen LogP contribution in [0.4, 0.5) is 0 Å². The molecule has 100 valence electrons. The van der Waals surface area contributed by atoms with Gasteiger partial charge in [-0.05, 0) is 72.5 Å². The quantitative estimate of drug-likeness (QED) is 0.908. The topological polar surface area (TPSA) is 15.3 Å². The van der Waals surface area contributed by atoms with Gasteiger partial charge in [0, 0.05) is 17.6 Å². The fourth-order valence-corrected chi connectivity index (χ4v) is 3.08. The maximum absolute atomic E-state index is 6.00. The normalized spacial score (nSPS) is 20.3. The minimum absolute atomic E-state index is 0.776. The third kappa shape index (κ3) is 4.23. The van der Waals surface area contributed by atoms with Crippen LogP contribution in [0, 0.1) is 5.92 Å². The summed E-state index contributed by atoms with van der Waals surface area (Å²) in [6, 6.07) is 6.16. The molecule has 0 radical (unpaired) electrons. The summed E-state index contributed by atoms with van der Waals surface area (Å²) in [7, 11) is 2.19. The van der Waals surface area contributed by atoms with Gasteiger partial charge < -0.3 is 10.2 Å². The van der Waals surface area contributed by atoms with Crippen LogP contribution in [0.25, 0.3) is 0 Å². The lowest BCUT2D eigenvalue weighted by Crippen LogP contribution is -2.36. The second-order valence-electron chi connectivity index (χ2n) is 5.16. The van der Waals surface area contributed by atoms with Gasteiger partial charge in [0.05, 0.1) is 5.02 Å².